The second kappa shape index (κ2) is 10.1. The molecule has 0 amide bonds. The van der Waals surface area contributed by atoms with Gasteiger partial charge < -0.3 is 19.9 Å². The number of benzene rings is 2. The molecule has 1 aliphatic heterocycles. The van der Waals surface area contributed by atoms with Crippen LogP contribution in [0.25, 0.3) is 0 Å². The Balaban J connectivity index is 1.32. The number of aliphatic hydroxyl groups excluding tert-OH is 1. The van der Waals surface area contributed by atoms with Crippen LogP contribution in [-0.4, -0.2) is 36.9 Å². The number of nitrogens with one attached hydrogen (secondary N) is 1. The molecule has 2 atom stereocenters. The van der Waals surface area contributed by atoms with Gasteiger partial charge in [-0.2, -0.15) is 0 Å². The summed E-state index contributed by atoms with van der Waals surface area (Å²) in [4.78, 5) is 12.3. The molecule has 2 N–H and O–H groups in total. The summed E-state index contributed by atoms with van der Waals surface area (Å²) in [5, 5.41) is 13.9. The van der Waals surface area contributed by atoms with Crippen molar-refractivity contribution in [2.75, 3.05) is 13.7 Å². The van der Waals surface area contributed by atoms with Crippen molar-refractivity contribution in [3.63, 3.8) is 0 Å². The number of carbonyl (C=O) groups excluding carboxylic acids is 1. The van der Waals surface area contributed by atoms with E-state index in [-0.39, 0.29) is 6.42 Å². The maximum absolute atomic E-state index is 12.3. The zero-order valence-corrected chi connectivity index (χ0v) is 18.1. The molecule has 164 valence electrons. The largest absolute Gasteiger partial charge is 0.497 e. The lowest BCUT2D eigenvalue weighted by Crippen LogP contribution is -2.39. The second-order valence-corrected chi connectivity index (χ2v) is 8.43. The predicted octanol–water partition coefficient (Wildman–Crippen LogP) is 3.98. The molecule has 2 aromatic rings. The Bertz CT molecular complexity index is 913. The van der Waals surface area contributed by atoms with Crippen molar-refractivity contribution in [2.45, 2.75) is 57.1 Å². The van der Waals surface area contributed by atoms with E-state index >= 15 is 0 Å². The van der Waals surface area contributed by atoms with E-state index in [1.807, 2.05) is 36.4 Å². The van der Waals surface area contributed by atoms with Crippen LogP contribution in [0, 0.1) is 0 Å². The summed E-state index contributed by atoms with van der Waals surface area (Å²) >= 11 is 0. The molecule has 0 fully saturated rings. The Morgan fingerprint density at radius 3 is 2.42 bits per heavy atom. The van der Waals surface area contributed by atoms with Gasteiger partial charge in [0, 0.05) is 12.5 Å². The van der Waals surface area contributed by atoms with Crippen molar-refractivity contribution in [1.82, 2.24) is 5.32 Å². The summed E-state index contributed by atoms with van der Waals surface area (Å²) in [6.45, 7) is 1.06. The molecule has 1 aliphatic carbocycles. The van der Waals surface area contributed by atoms with Crippen LogP contribution in [0.4, 0.5) is 0 Å². The van der Waals surface area contributed by atoms with Crippen molar-refractivity contribution in [1.29, 1.82) is 0 Å². The van der Waals surface area contributed by atoms with Gasteiger partial charge in [-0.05, 0) is 80.5 Å². The van der Waals surface area contributed by atoms with Gasteiger partial charge in [0.05, 0.1) is 7.11 Å². The molecule has 2 aliphatic rings. The Hall–Kier alpha value is -2.63. The maximum Gasteiger partial charge on any atom is 0.340 e. The van der Waals surface area contributed by atoms with Crippen LogP contribution >= 0.6 is 0 Å². The summed E-state index contributed by atoms with van der Waals surface area (Å²) in [6, 6.07) is 15.3. The average molecular weight is 422 g/mol. The third kappa shape index (κ3) is 5.54. The van der Waals surface area contributed by atoms with Crippen LogP contribution in [0.2, 0.25) is 0 Å². The lowest BCUT2D eigenvalue weighted by molar-refractivity contribution is -0.143. The number of methoxy groups -OCH3 is 1. The lowest BCUT2D eigenvalue weighted by atomic mass is 9.81. The van der Waals surface area contributed by atoms with Crippen molar-refractivity contribution in [3.05, 3.63) is 70.8 Å². The van der Waals surface area contributed by atoms with E-state index in [1.54, 1.807) is 30.4 Å². The van der Waals surface area contributed by atoms with Gasteiger partial charge in [0.1, 0.15) is 11.5 Å². The molecule has 2 aromatic carbocycles. The number of esters is 1. The number of hydrogen-bond donors (Lipinski definition) is 2. The van der Waals surface area contributed by atoms with E-state index in [9.17, 15) is 9.90 Å². The summed E-state index contributed by atoms with van der Waals surface area (Å²) in [6.07, 6.45) is 6.24. The first-order valence-corrected chi connectivity index (χ1v) is 11.2. The molecular formula is C26H31NO4. The SMILES string of the molecule is COc1ccc(CC(O)C(=O)Oc2ccc(CC3NCCC4=C3CCCC4)cc2)cc1. The highest BCUT2D eigenvalue weighted by Gasteiger charge is 2.24. The predicted molar refractivity (Wildman–Crippen MR) is 120 cm³/mol. The zero-order valence-electron chi connectivity index (χ0n) is 18.1. The van der Waals surface area contributed by atoms with E-state index in [2.05, 4.69) is 5.32 Å². The Morgan fingerprint density at radius 1 is 1.00 bits per heavy atom. The fourth-order valence-corrected chi connectivity index (χ4v) is 4.59. The summed E-state index contributed by atoms with van der Waals surface area (Å²) < 4.78 is 10.5. The van der Waals surface area contributed by atoms with Crippen molar-refractivity contribution in [3.8, 4) is 11.5 Å². The highest BCUT2D eigenvalue weighted by atomic mass is 16.5. The van der Waals surface area contributed by atoms with Gasteiger partial charge in [-0.15, -0.1) is 0 Å². The molecule has 0 saturated carbocycles. The molecular weight excluding hydrogens is 390 g/mol. The number of hydrogen-bond acceptors (Lipinski definition) is 5. The maximum atomic E-state index is 12.3. The first-order valence-electron chi connectivity index (χ1n) is 11.2. The summed E-state index contributed by atoms with van der Waals surface area (Å²) in [5.41, 5.74) is 5.36. The Labute approximate surface area is 184 Å². The standard InChI is InChI=1S/C26H31NO4/c1-30-21-10-6-19(7-11-21)17-25(28)26(29)31-22-12-8-18(9-13-22)16-24-23-5-3-2-4-20(23)14-15-27-24/h6-13,24-25,27-28H,2-5,14-17H2,1H3. The fourth-order valence-electron chi connectivity index (χ4n) is 4.59. The molecule has 1 heterocycles. The van der Waals surface area contributed by atoms with E-state index < -0.39 is 12.1 Å². The van der Waals surface area contributed by atoms with E-state index in [1.165, 1.54) is 37.7 Å². The van der Waals surface area contributed by atoms with E-state index in [0.29, 0.717) is 11.8 Å². The van der Waals surface area contributed by atoms with Crippen LogP contribution in [0.1, 0.15) is 43.2 Å². The Morgan fingerprint density at radius 2 is 1.68 bits per heavy atom. The number of aliphatic hydroxyl groups is 1. The minimum absolute atomic E-state index is 0.200. The minimum Gasteiger partial charge on any atom is -0.497 e. The highest BCUT2D eigenvalue weighted by molar-refractivity contribution is 5.77. The molecule has 0 saturated heterocycles. The molecule has 2 unspecified atom stereocenters. The van der Waals surface area contributed by atoms with Gasteiger partial charge in [0.2, 0.25) is 0 Å². The smallest absolute Gasteiger partial charge is 0.340 e. The highest BCUT2D eigenvalue weighted by Crippen LogP contribution is 2.32. The van der Waals surface area contributed by atoms with Crippen LogP contribution in [0.5, 0.6) is 11.5 Å². The number of ether oxygens (including phenoxy) is 2. The molecule has 0 spiro atoms. The zero-order chi connectivity index (χ0) is 21.6. The van der Waals surface area contributed by atoms with Gasteiger partial charge in [-0.3, -0.25) is 0 Å². The number of carbonyl (C=O) groups is 1. The van der Waals surface area contributed by atoms with E-state index in [4.69, 9.17) is 9.47 Å². The van der Waals surface area contributed by atoms with Gasteiger partial charge >= 0.3 is 5.97 Å². The van der Waals surface area contributed by atoms with Gasteiger partial charge in [0.15, 0.2) is 6.10 Å². The van der Waals surface area contributed by atoms with Crippen LogP contribution in [-0.2, 0) is 17.6 Å². The molecule has 5 heteroatoms. The van der Waals surface area contributed by atoms with Gasteiger partial charge in [-0.1, -0.05) is 35.4 Å². The summed E-state index contributed by atoms with van der Waals surface area (Å²) in [5.74, 6) is 0.548. The Kier molecular flexibility index (Phi) is 7.05. The van der Waals surface area contributed by atoms with Crippen LogP contribution in [0.3, 0.4) is 0 Å². The monoisotopic (exact) mass is 421 g/mol. The van der Waals surface area contributed by atoms with Crippen LogP contribution < -0.4 is 14.8 Å². The second-order valence-electron chi connectivity index (χ2n) is 8.43. The average Bonchev–Trinajstić information content (AvgIpc) is 2.81. The first kappa shape index (κ1) is 21.6. The third-order valence-electron chi connectivity index (χ3n) is 6.31. The molecule has 4 rings (SSSR count). The van der Waals surface area contributed by atoms with Crippen LogP contribution in [0.15, 0.2) is 59.7 Å². The molecule has 0 bridgehead atoms. The molecule has 0 radical (unpaired) electrons. The molecule has 31 heavy (non-hydrogen) atoms. The summed E-state index contributed by atoms with van der Waals surface area (Å²) in [7, 11) is 1.60. The van der Waals surface area contributed by atoms with E-state index in [0.717, 1.165) is 24.3 Å². The topological polar surface area (TPSA) is 67.8 Å². The molecule has 0 aromatic heterocycles. The first-order chi connectivity index (χ1) is 15.1. The quantitative estimate of drug-likeness (QED) is 0.402. The van der Waals surface area contributed by atoms with Crippen molar-refractivity contribution < 1.29 is 19.4 Å². The molecule has 5 nitrogen and oxygen atoms in total. The van der Waals surface area contributed by atoms with Gasteiger partial charge in [0.25, 0.3) is 0 Å². The van der Waals surface area contributed by atoms with Crippen molar-refractivity contribution in [2.24, 2.45) is 0 Å². The number of rotatable bonds is 7. The third-order valence-corrected chi connectivity index (χ3v) is 6.31. The van der Waals surface area contributed by atoms with Crippen molar-refractivity contribution >= 4 is 5.97 Å². The fraction of sp³-hybridized carbons (Fsp3) is 0.423. The van der Waals surface area contributed by atoms with Gasteiger partial charge in [-0.25, -0.2) is 4.79 Å². The normalized spacial score (nSPS) is 19.5. The minimum atomic E-state index is -1.21. The lowest BCUT2D eigenvalue weighted by Gasteiger charge is -2.33.